The highest BCUT2D eigenvalue weighted by atomic mass is 19.1. The Hall–Kier alpha value is -3.33. The fourth-order valence-corrected chi connectivity index (χ4v) is 3.83. The number of carbonyl (C=O) groups is 1. The second kappa shape index (κ2) is 9.04. The molecule has 7 nitrogen and oxygen atoms in total. The normalized spacial score (nSPS) is 16.9. The Balaban J connectivity index is 1.62. The van der Waals surface area contributed by atoms with Crippen LogP contribution in [0.5, 0.6) is 5.88 Å². The third-order valence-electron chi connectivity index (χ3n) is 5.48. The van der Waals surface area contributed by atoms with Gasteiger partial charge in [-0.3, -0.25) is 4.79 Å². The molecule has 2 aromatic heterocycles. The van der Waals surface area contributed by atoms with Crippen molar-refractivity contribution in [2.75, 3.05) is 19.0 Å². The van der Waals surface area contributed by atoms with Gasteiger partial charge in [0.2, 0.25) is 5.88 Å². The lowest BCUT2D eigenvalue weighted by atomic mass is 10.1. The van der Waals surface area contributed by atoms with Crippen LogP contribution >= 0.6 is 0 Å². The van der Waals surface area contributed by atoms with Crippen molar-refractivity contribution in [1.29, 1.82) is 0 Å². The number of halogens is 2. The minimum absolute atomic E-state index is 0.0518. The van der Waals surface area contributed by atoms with Crippen LogP contribution in [-0.2, 0) is 9.53 Å². The minimum atomic E-state index is -1.13. The summed E-state index contributed by atoms with van der Waals surface area (Å²) < 4.78 is 42.3. The number of methoxy groups -OCH3 is 1. The summed E-state index contributed by atoms with van der Waals surface area (Å²) >= 11 is 0. The predicted octanol–water partition coefficient (Wildman–Crippen LogP) is 4.84. The first-order valence-corrected chi connectivity index (χ1v) is 10.4. The highest BCUT2D eigenvalue weighted by Gasteiger charge is 2.22. The van der Waals surface area contributed by atoms with Gasteiger partial charge in [0.1, 0.15) is 5.52 Å². The van der Waals surface area contributed by atoms with Crippen molar-refractivity contribution in [2.24, 2.45) is 0 Å². The number of nitrogens with one attached hydrogen (secondary N) is 1. The Bertz CT molecular complexity index is 1180. The maximum atomic E-state index is 15.3. The number of fused-ring (bicyclic) bond motifs is 1. The molecule has 0 aliphatic carbocycles. The lowest BCUT2D eigenvalue weighted by Crippen LogP contribution is -2.19. The van der Waals surface area contributed by atoms with Crippen molar-refractivity contribution < 1.29 is 23.0 Å². The molecule has 0 radical (unpaired) electrons. The van der Waals surface area contributed by atoms with Gasteiger partial charge in [-0.25, -0.2) is 18.4 Å². The summed E-state index contributed by atoms with van der Waals surface area (Å²) in [5.74, 6) is -2.39. The first-order valence-electron chi connectivity index (χ1n) is 10.4. The molecule has 1 aliphatic rings. The quantitative estimate of drug-likeness (QED) is 0.572. The summed E-state index contributed by atoms with van der Waals surface area (Å²) in [7, 11) is 1.49. The first kappa shape index (κ1) is 21.9. The van der Waals surface area contributed by atoms with Crippen LogP contribution < -0.4 is 10.1 Å². The molecule has 1 fully saturated rings. The molecular weight excluding hydrogens is 418 g/mol. The van der Waals surface area contributed by atoms with E-state index < -0.39 is 17.6 Å². The van der Waals surface area contributed by atoms with Crippen molar-refractivity contribution in [2.45, 2.75) is 39.3 Å². The van der Waals surface area contributed by atoms with E-state index in [9.17, 15) is 9.18 Å². The number of benzene rings is 1. The Morgan fingerprint density at radius 3 is 2.84 bits per heavy atom. The van der Waals surface area contributed by atoms with Crippen LogP contribution in [0, 0.1) is 19.7 Å². The molecule has 3 heterocycles. The third kappa shape index (κ3) is 4.20. The highest BCUT2D eigenvalue weighted by molar-refractivity contribution is 6.05. The Morgan fingerprint density at radius 2 is 2.16 bits per heavy atom. The molecule has 32 heavy (non-hydrogen) atoms. The van der Waals surface area contributed by atoms with Crippen molar-refractivity contribution in [1.82, 2.24) is 14.8 Å². The van der Waals surface area contributed by atoms with Crippen molar-refractivity contribution in [3.8, 4) is 5.88 Å². The molecule has 0 spiro atoms. The third-order valence-corrected chi connectivity index (χ3v) is 5.48. The smallest absolute Gasteiger partial charge is 0.284 e. The van der Waals surface area contributed by atoms with E-state index in [0.717, 1.165) is 25.3 Å². The summed E-state index contributed by atoms with van der Waals surface area (Å²) in [5.41, 5.74) is 1.70. The molecule has 4 rings (SSSR count). The zero-order valence-corrected chi connectivity index (χ0v) is 18.1. The zero-order valence-electron chi connectivity index (χ0n) is 18.1. The molecule has 9 heteroatoms. The molecular formula is C23H24F2N4O3. The number of hydrogen-bond donors (Lipinski definition) is 1. The van der Waals surface area contributed by atoms with Gasteiger partial charge in [0.05, 0.1) is 24.7 Å². The molecule has 1 aliphatic heterocycles. The molecule has 168 valence electrons. The highest BCUT2D eigenvalue weighted by Crippen LogP contribution is 2.30. The van der Waals surface area contributed by atoms with Gasteiger partial charge in [0, 0.05) is 23.6 Å². The standard InChI is InChI=1S/C23H24F2N4O3/c1-13-10-18(31-3)27-14(2)21(13)28-23(30)17(24)11-15-7-8-16-12-26-29(22(16)20(15)25)19-6-4-5-9-32-19/h7-8,10-12,19H,4-6,9H2,1-3H3,(H,28,30)/b17-11-. The maximum Gasteiger partial charge on any atom is 0.284 e. The lowest BCUT2D eigenvalue weighted by molar-refractivity contribution is -0.114. The van der Waals surface area contributed by atoms with E-state index in [2.05, 4.69) is 15.4 Å². The minimum Gasteiger partial charge on any atom is -0.481 e. The number of aryl methyl sites for hydroxylation is 2. The molecule has 1 saturated heterocycles. The van der Waals surface area contributed by atoms with E-state index in [1.54, 1.807) is 32.2 Å². The van der Waals surface area contributed by atoms with Gasteiger partial charge in [0.25, 0.3) is 5.91 Å². The predicted molar refractivity (Wildman–Crippen MR) is 117 cm³/mol. The Morgan fingerprint density at radius 1 is 1.34 bits per heavy atom. The molecule has 1 N–H and O–H groups in total. The monoisotopic (exact) mass is 442 g/mol. The molecule has 0 saturated carbocycles. The van der Waals surface area contributed by atoms with Crippen molar-refractivity contribution in [3.63, 3.8) is 0 Å². The summed E-state index contributed by atoms with van der Waals surface area (Å²) in [4.78, 5) is 16.6. The van der Waals surface area contributed by atoms with Gasteiger partial charge >= 0.3 is 0 Å². The summed E-state index contributed by atoms with van der Waals surface area (Å²) in [5, 5.41) is 7.35. The van der Waals surface area contributed by atoms with E-state index in [0.29, 0.717) is 34.8 Å². The van der Waals surface area contributed by atoms with Gasteiger partial charge in [-0.1, -0.05) is 12.1 Å². The van der Waals surface area contributed by atoms with Crippen molar-refractivity contribution >= 4 is 28.6 Å². The van der Waals surface area contributed by atoms with Gasteiger partial charge in [0.15, 0.2) is 17.9 Å². The number of amides is 1. The van der Waals surface area contributed by atoms with Crippen LogP contribution in [0.3, 0.4) is 0 Å². The van der Waals surface area contributed by atoms with Crippen molar-refractivity contribution in [3.05, 3.63) is 52.9 Å². The van der Waals surface area contributed by atoms with E-state index in [1.165, 1.54) is 17.9 Å². The number of ether oxygens (including phenoxy) is 2. The van der Waals surface area contributed by atoms with Gasteiger partial charge in [-0.05, 0) is 44.7 Å². The average Bonchev–Trinajstić information content (AvgIpc) is 3.23. The van der Waals surface area contributed by atoms with E-state index in [-0.39, 0.29) is 17.3 Å². The fraction of sp³-hybridized carbons (Fsp3) is 0.348. The number of carbonyl (C=O) groups excluding carboxylic acids is 1. The van der Waals surface area contributed by atoms with Crippen LogP contribution in [0.25, 0.3) is 17.0 Å². The summed E-state index contributed by atoms with van der Waals surface area (Å²) in [6.45, 7) is 4.01. The first-order chi connectivity index (χ1) is 15.4. The Kier molecular flexibility index (Phi) is 6.18. The number of pyridine rings is 1. The number of hydrogen-bond acceptors (Lipinski definition) is 5. The summed E-state index contributed by atoms with van der Waals surface area (Å²) in [6, 6.07) is 4.69. The zero-order chi connectivity index (χ0) is 22.8. The fourth-order valence-electron chi connectivity index (χ4n) is 3.83. The second-order valence-corrected chi connectivity index (χ2v) is 7.71. The van der Waals surface area contributed by atoms with E-state index in [1.807, 2.05) is 0 Å². The molecule has 0 bridgehead atoms. The molecule has 1 atom stereocenters. The van der Waals surface area contributed by atoms with E-state index in [4.69, 9.17) is 9.47 Å². The van der Waals surface area contributed by atoms with Gasteiger partial charge < -0.3 is 14.8 Å². The molecule has 1 amide bonds. The molecule has 3 aromatic rings. The lowest BCUT2D eigenvalue weighted by Gasteiger charge is -2.23. The largest absolute Gasteiger partial charge is 0.481 e. The number of aromatic nitrogens is 3. The van der Waals surface area contributed by atoms with Crippen LogP contribution in [0.1, 0.15) is 42.3 Å². The average molecular weight is 442 g/mol. The Labute approximate surface area is 184 Å². The molecule has 1 unspecified atom stereocenters. The van der Waals surface area contributed by atoms with Crippen LogP contribution in [0.15, 0.2) is 30.2 Å². The van der Waals surface area contributed by atoms with Gasteiger partial charge in [-0.15, -0.1) is 0 Å². The van der Waals surface area contributed by atoms with Crippen LogP contribution in [0.2, 0.25) is 0 Å². The van der Waals surface area contributed by atoms with Crippen LogP contribution in [-0.4, -0.2) is 34.4 Å². The number of rotatable bonds is 5. The van der Waals surface area contributed by atoms with Crippen LogP contribution in [0.4, 0.5) is 14.5 Å². The SMILES string of the molecule is COc1cc(C)c(NC(=O)/C(F)=C/c2ccc3cnn(C4CCCCO4)c3c2F)c(C)n1. The van der Waals surface area contributed by atoms with Gasteiger partial charge in [-0.2, -0.15) is 5.10 Å². The summed E-state index contributed by atoms with van der Waals surface area (Å²) in [6.07, 6.45) is 4.70. The number of nitrogens with zero attached hydrogens (tertiary/aromatic N) is 3. The second-order valence-electron chi connectivity index (χ2n) is 7.71. The van der Waals surface area contributed by atoms with E-state index >= 15 is 4.39 Å². The number of anilines is 1. The molecule has 1 aromatic carbocycles. The maximum absolute atomic E-state index is 15.3. The topological polar surface area (TPSA) is 78.3 Å².